The Kier molecular flexibility index (Phi) is 8.56. The largest absolute Gasteiger partial charge is 0.501 e. The Morgan fingerprint density at radius 3 is 2.26 bits per heavy atom. The van der Waals surface area contributed by atoms with Crippen molar-refractivity contribution in [3.63, 3.8) is 0 Å². The number of benzene rings is 3. The number of aryl methyl sites for hydroxylation is 3. The molecule has 0 fully saturated rings. The molecule has 193 valence electrons. The van der Waals surface area contributed by atoms with Crippen molar-refractivity contribution in [2.24, 2.45) is 0 Å². The molecule has 3 aromatic heterocycles. The van der Waals surface area contributed by atoms with E-state index in [2.05, 4.69) is 93.1 Å². The van der Waals surface area contributed by atoms with Gasteiger partial charge in [-0.25, -0.2) is 0 Å². The molecule has 0 amide bonds. The molecule has 0 unspecified atom stereocenters. The average Bonchev–Trinajstić information content (AvgIpc) is 3.27. The van der Waals surface area contributed by atoms with Crippen molar-refractivity contribution < 1.29 is 24.5 Å². The summed E-state index contributed by atoms with van der Waals surface area (Å²) in [5.41, 5.74) is 10.5. The molecule has 0 spiro atoms. The summed E-state index contributed by atoms with van der Waals surface area (Å²) in [5, 5.41) is 2.31. The number of hydrogen-bond donors (Lipinski definition) is 0. The molecule has 0 atom stereocenters. The van der Waals surface area contributed by atoms with E-state index in [1.54, 1.807) is 6.20 Å². The maximum atomic E-state index is 6.20. The van der Waals surface area contributed by atoms with E-state index in [0.29, 0.717) is 5.92 Å². The molecule has 0 bridgehead atoms. The Bertz CT molecular complexity index is 1690. The monoisotopic (exact) mass is 675 g/mol. The molecule has 6 aromatic rings. The first-order valence-corrected chi connectivity index (χ1v) is 12.6. The first kappa shape index (κ1) is 27.4. The maximum Gasteiger partial charge on any atom is 0.120 e. The molecule has 0 saturated heterocycles. The van der Waals surface area contributed by atoms with Crippen molar-refractivity contribution in [3.8, 4) is 22.5 Å². The van der Waals surface area contributed by atoms with Crippen molar-refractivity contribution in [1.82, 2.24) is 9.97 Å². The van der Waals surface area contributed by atoms with E-state index < -0.39 is 0 Å². The Hall–Kier alpha value is -3.59. The number of furan rings is 1. The van der Waals surface area contributed by atoms with Gasteiger partial charge in [0.25, 0.3) is 0 Å². The summed E-state index contributed by atoms with van der Waals surface area (Å²) >= 11 is 0. The Balaban J connectivity index is 0.000000204. The van der Waals surface area contributed by atoms with Crippen LogP contribution >= 0.6 is 0 Å². The molecular formula is C34H30IrN2O-2. The van der Waals surface area contributed by atoms with Gasteiger partial charge < -0.3 is 14.4 Å². The Labute approximate surface area is 238 Å². The predicted octanol–water partition coefficient (Wildman–Crippen LogP) is 9.04. The van der Waals surface area contributed by atoms with E-state index in [9.17, 15) is 0 Å². The van der Waals surface area contributed by atoms with Crippen molar-refractivity contribution >= 4 is 21.9 Å². The molecule has 0 aliphatic carbocycles. The summed E-state index contributed by atoms with van der Waals surface area (Å²) in [7, 11) is 0. The zero-order valence-electron chi connectivity index (χ0n) is 22.3. The standard InChI is InChI=1S/C22H20NO.C12H10N.Ir/c1-13(2)16-5-6-21-17(12-16)18-9-15(4)10-19(22(18)24-21)20-11-14(3)7-8-23-20;1-10-5-4-6-11(9-10)12-7-2-3-8-13-12;/h5-9,11-13H,1-4H3;2-5,7-9H,1H3;/q2*-1;. The van der Waals surface area contributed by atoms with Gasteiger partial charge in [-0.2, -0.15) is 0 Å². The van der Waals surface area contributed by atoms with Crippen LogP contribution in [0.4, 0.5) is 0 Å². The molecule has 0 aliphatic rings. The van der Waals surface area contributed by atoms with E-state index >= 15 is 0 Å². The molecule has 3 aromatic carbocycles. The number of fused-ring (bicyclic) bond motifs is 3. The van der Waals surface area contributed by atoms with Gasteiger partial charge in [0.1, 0.15) is 5.58 Å². The Morgan fingerprint density at radius 2 is 1.55 bits per heavy atom. The van der Waals surface area contributed by atoms with Gasteiger partial charge in [0, 0.05) is 37.9 Å². The van der Waals surface area contributed by atoms with Gasteiger partial charge in [-0.05, 0) is 54.1 Å². The van der Waals surface area contributed by atoms with E-state index in [0.717, 1.165) is 44.6 Å². The van der Waals surface area contributed by atoms with Crippen molar-refractivity contribution in [3.05, 3.63) is 120 Å². The predicted molar refractivity (Wildman–Crippen MR) is 153 cm³/mol. The number of nitrogens with zero attached hydrogens (tertiary/aromatic N) is 2. The molecule has 3 nitrogen and oxygen atoms in total. The van der Waals surface area contributed by atoms with Crippen LogP contribution in [0.2, 0.25) is 0 Å². The van der Waals surface area contributed by atoms with Crippen molar-refractivity contribution in [2.75, 3.05) is 0 Å². The molecule has 6 rings (SSSR count). The first-order valence-electron chi connectivity index (χ1n) is 12.6. The molecule has 0 aliphatic heterocycles. The number of hydrogen-bond acceptors (Lipinski definition) is 3. The molecule has 1 radical (unpaired) electrons. The summed E-state index contributed by atoms with van der Waals surface area (Å²) in [6.45, 7) is 10.6. The maximum absolute atomic E-state index is 6.20. The molecule has 0 saturated carbocycles. The molecule has 4 heteroatoms. The number of rotatable bonds is 3. The summed E-state index contributed by atoms with van der Waals surface area (Å²) in [6.07, 6.45) is 3.64. The molecule has 3 heterocycles. The third kappa shape index (κ3) is 5.93. The van der Waals surface area contributed by atoms with Crippen LogP contribution in [-0.2, 0) is 20.1 Å². The minimum absolute atomic E-state index is 0. The third-order valence-electron chi connectivity index (χ3n) is 6.40. The second-order valence-electron chi connectivity index (χ2n) is 9.80. The summed E-state index contributed by atoms with van der Waals surface area (Å²) in [5.74, 6) is 0.494. The van der Waals surface area contributed by atoms with Gasteiger partial charge in [-0.1, -0.05) is 68.5 Å². The van der Waals surface area contributed by atoms with Crippen LogP contribution in [0.15, 0.2) is 89.6 Å². The van der Waals surface area contributed by atoms with Crippen LogP contribution in [0.1, 0.15) is 42.0 Å². The SMILES string of the molecule is Cc1[c-]c(-c2cc(C)ccn2)c2oc3ccc(C(C)C)cc3c2c1.Cc1cc[c-]c(-c2ccccn2)c1.[Ir]. The fraction of sp³-hybridized carbons (Fsp3) is 0.176. The van der Waals surface area contributed by atoms with Crippen LogP contribution in [0.25, 0.3) is 44.5 Å². The fourth-order valence-electron chi connectivity index (χ4n) is 4.43. The summed E-state index contributed by atoms with van der Waals surface area (Å²) in [4.78, 5) is 8.78. The zero-order valence-corrected chi connectivity index (χ0v) is 24.7. The minimum atomic E-state index is 0. The average molecular weight is 675 g/mol. The zero-order chi connectivity index (χ0) is 25.9. The summed E-state index contributed by atoms with van der Waals surface area (Å²) in [6, 6.07) is 31.3. The van der Waals surface area contributed by atoms with Crippen LogP contribution in [0, 0.1) is 32.9 Å². The normalized spacial score (nSPS) is 10.8. The van der Waals surface area contributed by atoms with Gasteiger partial charge in [-0.3, -0.25) is 0 Å². The smallest absolute Gasteiger partial charge is 0.120 e. The van der Waals surface area contributed by atoms with Crippen LogP contribution in [0.5, 0.6) is 0 Å². The summed E-state index contributed by atoms with van der Waals surface area (Å²) < 4.78 is 6.20. The van der Waals surface area contributed by atoms with Crippen LogP contribution in [-0.4, -0.2) is 9.97 Å². The molecule has 38 heavy (non-hydrogen) atoms. The van der Waals surface area contributed by atoms with Gasteiger partial charge in [0.15, 0.2) is 0 Å². The van der Waals surface area contributed by atoms with Crippen LogP contribution < -0.4 is 0 Å². The van der Waals surface area contributed by atoms with E-state index in [1.807, 2.05) is 42.6 Å². The van der Waals surface area contributed by atoms with E-state index in [1.165, 1.54) is 22.1 Å². The molecular weight excluding hydrogens is 645 g/mol. The van der Waals surface area contributed by atoms with Crippen LogP contribution in [0.3, 0.4) is 0 Å². The van der Waals surface area contributed by atoms with E-state index in [4.69, 9.17) is 4.42 Å². The molecule has 0 N–H and O–H groups in total. The Morgan fingerprint density at radius 1 is 0.763 bits per heavy atom. The van der Waals surface area contributed by atoms with Gasteiger partial charge in [0.05, 0.1) is 5.58 Å². The topological polar surface area (TPSA) is 38.9 Å². The second-order valence-corrected chi connectivity index (χ2v) is 9.80. The third-order valence-corrected chi connectivity index (χ3v) is 6.40. The first-order chi connectivity index (χ1) is 17.9. The van der Waals surface area contributed by atoms with Crippen molar-refractivity contribution in [1.29, 1.82) is 0 Å². The number of aromatic nitrogens is 2. The number of pyridine rings is 2. The van der Waals surface area contributed by atoms with E-state index in [-0.39, 0.29) is 20.1 Å². The second kappa shape index (κ2) is 11.9. The van der Waals surface area contributed by atoms with Gasteiger partial charge >= 0.3 is 0 Å². The van der Waals surface area contributed by atoms with Gasteiger partial charge in [-0.15, -0.1) is 53.1 Å². The quantitative estimate of drug-likeness (QED) is 0.176. The van der Waals surface area contributed by atoms with Crippen molar-refractivity contribution in [2.45, 2.75) is 40.5 Å². The van der Waals surface area contributed by atoms with Gasteiger partial charge in [0.2, 0.25) is 0 Å². The minimum Gasteiger partial charge on any atom is -0.501 e. The fourth-order valence-corrected chi connectivity index (χ4v) is 4.43.